The second-order valence-corrected chi connectivity index (χ2v) is 7.47. The fourth-order valence-corrected chi connectivity index (χ4v) is 3.48. The maximum atomic E-state index is 10.4. The number of quaternary nitrogens is 2. The highest BCUT2D eigenvalue weighted by molar-refractivity contribution is 5.46. The molecule has 0 radical (unpaired) electrons. The van der Waals surface area contributed by atoms with Crippen LogP contribution in [0.1, 0.15) is 55.5 Å². The van der Waals surface area contributed by atoms with Crippen LogP contribution in [-0.4, -0.2) is 50.7 Å². The van der Waals surface area contributed by atoms with Gasteiger partial charge in [0, 0.05) is 50.9 Å². The van der Waals surface area contributed by atoms with Crippen molar-refractivity contribution in [3.05, 3.63) is 29.1 Å². The van der Waals surface area contributed by atoms with Gasteiger partial charge in [0.15, 0.2) is 12.2 Å². The number of aryl methyl sites for hydroxylation is 1. The molecule has 3 rings (SSSR count). The van der Waals surface area contributed by atoms with Gasteiger partial charge in [-0.05, 0) is 25.3 Å². The molecule has 0 aromatic carbocycles. The van der Waals surface area contributed by atoms with Crippen LogP contribution in [0.3, 0.4) is 0 Å². The molecule has 5 N–H and O–H groups in total. The van der Waals surface area contributed by atoms with Crippen molar-refractivity contribution in [2.45, 2.75) is 58.2 Å². The lowest BCUT2D eigenvalue weighted by Crippen LogP contribution is -2.81. The van der Waals surface area contributed by atoms with Gasteiger partial charge in [0.25, 0.3) is 0 Å². The molecule has 2 aliphatic heterocycles. The summed E-state index contributed by atoms with van der Waals surface area (Å²) >= 11 is 0. The third-order valence-electron chi connectivity index (χ3n) is 4.77. The quantitative estimate of drug-likeness (QED) is 0.495. The number of amides is 1. The first kappa shape index (κ1) is 35.6. The first-order chi connectivity index (χ1) is 16.2. The highest BCUT2D eigenvalue weighted by Crippen LogP contribution is 2.20. The van der Waals surface area contributed by atoms with E-state index in [2.05, 4.69) is 80.3 Å². The van der Waals surface area contributed by atoms with E-state index in [1.54, 1.807) is 0 Å². The number of nitrogens with one attached hydrogen (secondary N) is 1. The zero-order chi connectivity index (χ0) is 27.0. The van der Waals surface area contributed by atoms with Crippen molar-refractivity contribution in [1.82, 2.24) is 4.90 Å². The normalized spacial score (nSPS) is 16.0. The average molecular weight is 484 g/mol. The number of piperidine rings is 1. The molecule has 1 aromatic heterocycles. The molecule has 0 aliphatic carbocycles. The number of likely N-dealkylation sites (tertiary alicyclic amines) is 1. The van der Waals surface area contributed by atoms with Crippen LogP contribution in [0.15, 0.2) is 12.1 Å². The number of halogens is 3. The van der Waals surface area contributed by atoms with E-state index in [9.17, 15) is 18.0 Å². The summed E-state index contributed by atoms with van der Waals surface area (Å²) in [6, 6.07) is 4.52. The minimum atomic E-state index is -4.00. The molecule has 0 saturated carbocycles. The number of aromatic amines is 1. The molecule has 190 valence electrons. The van der Waals surface area contributed by atoms with Gasteiger partial charge < -0.3 is 15.5 Å². The predicted octanol–water partition coefficient (Wildman–Crippen LogP) is 1.50. The third-order valence-corrected chi connectivity index (χ3v) is 4.77. The number of alkyl halides is 3. The Bertz CT molecular complexity index is 667. The minimum absolute atomic E-state index is 0.188. The molecule has 34 heavy (non-hydrogen) atoms. The summed E-state index contributed by atoms with van der Waals surface area (Å²) in [7, 11) is 2.13. The van der Waals surface area contributed by atoms with Crippen molar-refractivity contribution in [3.63, 3.8) is 0 Å². The predicted molar refractivity (Wildman–Crippen MR) is 131 cm³/mol. The van der Waals surface area contributed by atoms with E-state index in [1.807, 2.05) is 4.90 Å². The first-order valence-electron chi connectivity index (χ1n) is 11.1. The van der Waals surface area contributed by atoms with E-state index < -0.39 is 6.18 Å². The van der Waals surface area contributed by atoms with Crippen LogP contribution in [0.5, 0.6) is 0 Å². The van der Waals surface area contributed by atoms with Gasteiger partial charge in [-0.25, -0.2) is 4.98 Å². The molecule has 0 bridgehead atoms. The molecule has 0 spiro atoms. The Morgan fingerprint density at radius 1 is 1.12 bits per heavy atom. The number of carbonyl (C=O) groups is 1. The molecule has 2 saturated heterocycles. The van der Waals surface area contributed by atoms with Gasteiger partial charge in [0.05, 0.1) is 20.1 Å². The van der Waals surface area contributed by atoms with Gasteiger partial charge in [-0.15, -0.1) is 38.5 Å². The maximum absolute atomic E-state index is 10.4. The van der Waals surface area contributed by atoms with Gasteiger partial charge in [0.1, 0.15) is 0 Å². The van der Waals surface area contributed by atoms with Crippen molar-refractivity contribution < 1.29 is 33.6 Å². The van der Waals surface area contributed by atoms with E-state index in [4.69, 9.17) is 0 Å². The topological polar surface area (TPSA) is 67.7 Å². The molecule has 1 aromatic rings. The molecule has 5 nitrogen and oxygen atoms in total. The Hall–Kier alpha value is -2.99. The Morgan fingerprint density at radius 2 is 1.65 bits per heavy atom. The summed E-state index contributed by atoms with van der Waals surface area (Å²) < 4.78 is 31.1. The van der Waals surface area contributed by atoms with E-state index in [1.165, 1.54) is 55.7 Å². The Labute approximate surface area is 204 Å². The van der Waals surface area contributed by atoms with Crippen LogP contribution in [0.2, 0.25) is 0 Å². The second kappa shape index (κ2) is 23.2. The number of pyridine rings is 1. The van der Waals surface area contributed by atoms with Crippen molar-refractivity contribution in [3.8, 4) is 38.5 Å². The standard InChI is InChI=1S/C12H19N3.C6H11NO.C2H3F3.3C2H2/c1-9-3-4-11(10-5-6-14-7-10)12(15-9)8-13-2;8-6-7-4-2-1-3-5-7;1-2(3,4)5;3*1-2/h3-4,10,13-14H,5-8H2,1-2H3;6H,1-5H2;1H3;3*1-2H/p+3/t10-;;;;;/m0...../s1. The van der Waals surface area contributed by atoms with E-state index in [0.29, 0.717) is 0 Å². The van der Waals surface area contributed by atoms with Crippen LogP contribution in [-0.2, 0) is 11.3 Å². The molecule has 2 aliphatic rings. The monoisotopic (exact) mass is 483 g/mol. The number of H-pyrrole nitrogens is 1. The largest absolute Gasteiger partial charge is 0.386 e. The van der Waals surface area contributed by atoms with E-state index in [-0.39, 0.29) is 6.92 Å². The smallest absolute Gasteiger partial charge is 0.346 e. The number of rotatable bonds is 4. The summed E-state index contributed by atoms with van der Waals surface area (Å²) in [6.07, 6.45) is 26.0. The molecule has 1 amide bonds. The number of aromatic nitrogens is 1. The van der Waals surface area contributed by atoms with E-state index in [0.717, 1.165) is 32.0 Å². The number of nitrogens with zero attached hydrogens (tertiary/aromatic N) is 1. The highest BCUT2D eigenvalue weighted by atomic mass is 19.4. The van der Waals surface area contributed by atoms with Gasteiger partial charge in [-0.3, -0.25) is 4.79 Å². The fourth-order valence-electron chi connectivity index (χ4n) is 3.48. The van der Waals surface area contributed by atoms with Gasteiger partial charge in [-0.1, -0.05) is 0 Å². The SMILES string of the molecule is C#C.C#C.C#C.CC(F)(F)F.C[NH2+]Cc1[nH+]c(C)ccc1[C@H]1CC[NH2+]C1.O=CN1CCCCC1. The second-order valence-electron chi connectivity index (χ2n) is 7.47. The molecule has 3 heterocycles. The van der Waals surface area contributed by atoms with Gasteiger partial charge >= 0.3 is 6.18 Å². The van der Waals surface area contributed by atoms with Gasteiger partial charge in [-0.2, -0.15) is 13.2 Å². The number of terminal acetylenes is 3. The van der Waals surface area contributed by atoms with Crippen molar-refractivity contribution in [2.75, 3.05) is 33.2 Å². The lowest BCUT2D eigenvalue weighted by atomic mass is 9.96. The Kier molecular flexibility index (Phi) is 24.3. The maximum Gasteiger partial charge on any atom is 0.386 e. The molecule has 2 fully saturated rings. The number of nitrogens with two attached hydrogens (primary N) is 2. The van der Waals surface area contributed by atoms with Gasteiger partial charge in [0.2, 0.25) is 12.1 Å². The summed E-state index contributed by atoms with van der Waals surface area (Å²) in [5.74, 6) is 0.761. The highest BCUT2D eigenvalue weighted by Gasteiger charge is 2.26. The van der Waals surface area contributed by atoms with Crippen LogP contribution in [0, 0.1) is 45.5 Å². The summed E-state index contributed by atoms with van der Waals surface area (Å²) in [6.45, 7) is 7.87. The molecular weight excluding hydrogens is 441 g/mol. The molecule has 1 atom stereocenters. The van der Waals surface area contributed by atoms with E-state index >= 15 is 0 Å². The summed E-state index contributed by atoms with van der Waals surface area (Å²) in [4.78, 5) is 15.4. The number of carbonyl (C=O) groups excluding carboxylic acids is 1. The first-order valence-corrected chi connectivity index (χ1v) is 11.1. The lowest BCUT2D eigenvalue weighted by molar-refractivity contribution is -0.656. The Balaban J connectivity index is -0.000000428. The Morgan fingerprint density at radius 3 is 2.03 bits per heavy atom. The fraction of sp³-hybridized carbons (Fsp3) is 0.538. The molecule has 0 unspecified atom stereocenters. The number of hydrogen-bond acceptors (Lipinski definition) is 1. The summed E-state index contributed by atoms with van der Waals surface area (Å²) in [5.41, 5.74) is 4.21. The van der Waals surface area contributed by atoms with Crippen LogP contribution < -0.4 is 15.6 Å². The number of hydrogen-bond donors (Lipinski definition) is 2. The van der Waals surface area contributed by atoms with Crippen molar-refractivity contribution in [1.29, 1.82) is 0 Å². The zero-order valence-electron chi connectivity index (χ0n) is 20.8. The minimum Gasteiger partial charge on any atom is -0.346 e. The molecule has 8 heteroatoms. The van der Waals surface area contributed by atoms with Crippen LogP contribution >= 0.6 is 0 Å². The van der Waals surface area contributed by atoms with Crippen LogP contribution in [0.4, 0.5) is 13.2 Å². The lowest BCUT2D eigenvalue weighted by Gasteiger charge is -2.21. The third kappa shape index (κ3) is 19.7. The molecular formula is C26H42F3N4O+3. The van der Waals surface area contributed by atoms with Crippen LogP contribution in [0.25, 0.3) is 0 Å². The van der Waals surface area contributed by atoms with Crippen molar-refractivity contribution in [2.24, 2.45) is 0 Å². The average Bonchev–Trinajstić information content (AvgIpc) is 3.38. The van der Waals surface area contributed by atoms with Crippen molar-refractivity contribution >= 4 is 6.41 Å². The summed E-state index contributed by atoms with van der Waals surface area (Å²) in [5, 5.41) is 4.65. The zero-order valence-corrected chi connectivity index (χ0v) is 20.8.